The minimum atomic E-state index is -0.248. The van der Waals surface area contributed by atoms with Crippen LogP contribution in [0.5, 0.6) is 0 Å². The smallest absolute Gasteiger partial charge is 0.319 e. The second-order valence-electron chi connectivity index (χ2n) is 5.57. The Labute approximate surface area is 136 Å². The molecule has 0 radical (unpaired) electrons. The van der Waals surface area contributed by atoms with Crippen molar-refractivity contribution in [1.82, 2.24) is 5.32 Å². The Bertz CT molecular complexity index is 510. The van der Waals surface area contributed by atoms with Crippen molar-refractivity contribution < 1.29 is 19.1 Å². The monoisotopic (exact) mass is 320 g/mol. The number of amides is 2. The van der Waals surface area contributed by atoms with Gasteiger partial charge in [-0.2, -0.15) is 0 Å². The first-order valence-corrected chi connectivity index (χ1v) is 8.04. The first kappa shape index (κ1) is 17.3. The fourth-order valence-corrected chi connectivity index (χ4v) is 2.45. The predicted molar refractivity (Wildman–Crippen MR) is 87.3 cm³/mol. The molecule has 0 unspecified atom stereocenters. The van der Waals surface area contributed by atoms with Crippen molar-refractivity contribution in [2.24, 2.45) is 5.92 Å². The summed E-state index contributed by atoms with van der Waals surface area (Å²) >= 11 is 0. The molecule has 0 atom stereocenters. The second-order valence-corrected chi connectivity index (χ2v) is 5.57. The molecule has 2 amide bonds. The Hall–Kier alpha value is -2.08. The van der Waals surface area contributed by atoms with Gasteiger partial charge in [0.15, 0.2) is 0 Å². The number of hydrogen-bond acceptors (Lipinski definition) is 4. The van der Waals surface area contributed by atoms with Gasteiger partial charge in [0, 0.05) is 25.4 Å². The molecule has 1 fully saturated rings. The highest BCUT2D eigenvalue weighted by molar-refractivity contribution is 5.89. The van der Waals surface area contributed by atoms with Crippen molar-refractivity contribution >= 4 is 17.7 Å². The van der Waals surface area contributed by atoms with E-state index >= 15 is 0 Å². The Balaban J connectivity index is 1.73. The number of carbonyl (C=O) groups excluding carboxylic acids is 2. The highest BCUT2D eigenvalue weighted by atomic mass is 16.5. The number of nitrogens with one attached hydrogen (secondary N) is 2. The van der Waals surface area contributed by atoms with E-state index in [0.29, 0.717) is 24.8 Å². The third-order valence-corrected chi connectivity index (χ3v) is 3.76. The van der Waals surface area contributed by atoms with Gasteiger partial charge in [0.2, 0.25) is 0 Å². The Morgan fingerprint density at radius 1 is 1.22 bits per heavy atom. The van der Waals surface area contributed by atoms with Gasteiger partial charge in [-0.25, -0.2) is 4.79 Å². The first-order chi connectivity index (χ1) is 11.2. The van der Waals surface area contributed by atoms with E-state index in [1.807, 2.05) is 12.1 Å². The van der Waals surface area contributed by atoms with Crippen molar-refractivity contribution in [3.8, 4) is 0 Å². The van der Waals surface area contributed by atoms with E-state index in [4.69, 9.17) is 9.47 Å². The largest absolute Gasteiger partial charge is 0.466 e. The second kappa shape index (κ2) is 9.15. The van der Waals surface area contributed by atoms with Gasteiger partial charge < -0.3 is 20.1 Å². The maximum absolute atomic E-state index is 11.9. The van der Waals surface area contributed by atoms with Gasteiger partial charge >= 0.3 is 12.0 Å². The van der Waals surface area contributed by atoms with Crippen LogP contribution in [0.25, 0.3) is 0 Å². The third kappa shape index (κ3) is 6.28. The summed E-state index contributed by atoms with van der Waals surface area (Å²) in [5.74, 6) is 0.240. The maximum Gasteiger partial charge on any atom is 0.319 e. The molecule has 1 saturated heterocycles. The lowest BCUT2D eigenvalue weighted by molar-refractivity contribution is -0.142. The normalized spacial score (nSPS) is 15.0. The van der Waals surface area contributed by atoms with Crippen molar-refractivity contribution in [3.63, 3.8) is 0 Å². The minimum absolute atomic E-state index is 0.213. The van der Waals surface area contributed by atoms with E-state index in [9.17, 15) is 9.59 Å². The standard InChI is InChI=1S/C17H24N2O4/c1-2-23-16(20)11-13-3-5-15(6-4-13)19-17(21)18-12-14-7-9-22-10-8-14/h3-6,14H,2,7-12H2,1H3,(H2,18,19,21). The van der Waals surface area contributed by atoms with E-state index in [2.05, 4.69) is 10.6 Å². The van der Waals surface area contributed by atoms with Crippen molar-refractivity contribution in [1.29, 1.82) is 0 Å². The number of urea groups is 1. The van der Waals surface area contributed by atoms with Gasteiger partial charge in [-0.1, -0.05) is 12.1 Å². The van der Waals surface area contributed by atoms with Gasteiger partial charge in [0.05, 0.1) is 13.0 Å². The van der Waals surface area contributed by atoms with Crippen molar-refractivity contribution in [2.75, 3.05) is 31.7 Å². The van der Waals surface area contributed by atoms with Gasteiger partial charge in [-0.05, 0) is 43.4 Å². The lowest BCUT2D eigenvalue weighted by atomic mass is 10.0. The van der Waals surface area contributed by atoms with Gasteiger partial charge in [-0.3, -0.25) is 4.79 Å². The lowest BCUT2D eigenvalue weighted by Crippen LogP contribution is -2.35. The summed E-state index contributed by atoms with van der Waals surface area (Å²) in [4.78, 5) is 23.3. The van der Waals surface area contributed by atoms with E-state index < -0.39 is 0 Å². The van der Waals surface area contributed by atoms with Gasteiger partial charge in [0.1, 0.15) is 0 Å². The fraction of sp³-hybridized carbons (Fsp3) is 0.529. The molecular formula is C17H24N2O4. The summed E-state index contributed by atoms with van der Waals surface area (Å²) in [7, 11) is 0. The SMILES string of the molecule is CCOC(=O)Cc1ccc(NC(=O)NCC2CCOCC2)cc1. The number of benzene rings is 1. The molecule has 1 aliphatic heterocycles. The third-order valence-electron chi connectivity index (χ3n) is 3.76. The minimum Gasteiger partial charge on any atom is -0.466 e. The van der Waals surface area contributed by atoms with E-state index in [1.165, 1.54) is 0 Å². The summed E-state index contributed by atoms with van der Waals surface area (Å²) in [5.41, 5.74) is 1.55. The van der Waals surface area contributed by atoms with Crippen LogP contribution in [0.15, 0.2) is 24.3 Å². The Morgan fingerprint density at radius 2 is 1.91 bits per heavy atom. The van der Waals surface area contributed by atoms with Crippen LogP contribution in [0.4, 0.5) is 10.5 Å². The number of hydrogen-bond donors (Lipinski definition) is 2. The molecule has 0 bridgehead atoms. The molecule has 1 aromatic carbocycles. The van der Waals surface area contributed by atoms with Crippen LogP contribution in [-0.2, 0) is 20.7 Å². The number of anilines is 1. The van der Waals surface area contributed by atoms with Crippen LogP contribution in [0.2, 0.25) is 0 Å². The molecule has 6 heteroatoms. The van der Waals surface area contributed by atoms with E-state index in [1.54, 1.807) is 19.1 Å². The van der Waals surface area contributed by atoms with Crippen LogP contribution in [0.1, 0.15) is 25.3 Å². The van der Waals surface area contributed by atoms with Crippen LogP contribution >= 0.6 is 0 Å². The number of esters is 1. The van der Waals surface area contributed by atoms with E-state index in [0.717, 1.165) is 31.6 Å². The van der Waals surface area contributed by atoms with Crippen molar-refractivity contribution in [3.05, 3.63) is 29.8 Å². The molecule has 1 aliphatic rings. The van der Waals surface area contributed by atoms with Crippen LogP contribution < -0.4 is 10.6 Å². The molecule has 6 nitrogen and oxygen atoms in total. The highest BCUT2D eigenvalue weighted by Crippen LogP contribution is 2.14. The molecule has 126 valence electrons. The maximum atomic E-state index is 11.9. The van der Waals surface area contributed by atoms with Crippen molar-refractivity contribution in [2.45, 2.75) is 26.2 Å². The lowest BCUT2D eigenvalue weighted by Gasteiger charge is -2.22. The molecule has 2 N–H and O–H groups in total. The molecule has 1 heterocycles. The molecule has 23 heavy (non-hydrogen) atoms. The first-order valence-electron chi connectivity index (χ1n) is 8.04. The average molecular weight is 320 g/mol. The van der Waals surface area contributed by atoms with Crippen LogP contribution in [0, 0.1) is 5.92 Å². The van der Waals surface area contributed by atoms with Gasteiger partial charge in [0.25, 0.3) is 0 Å². The topological polar surface area (TPSA) is 76.7 Å². The van der Waals surface area contributed by atoms with Crippen LogP contribution in [-0.4, -0.2) is 38.4 Å². The Morgan fingerprint density at radius 3 is 2.57 bits per heavy atom. The Kier molecular flexibility index (Phi) is 6.87. The summed E-state index contributed by atoms with van der Waals surface area (Å²) < 4.78 is 10.2. The summed E-state index contributed by atoms with van der Waals surface area (Å²) in [6.07, 6.45) is 2.22. The highest BCUT2D eigenvalue weighted by Gasteiger charge is 2.14. The summed E-state index contributed by atoms with van der Waals surface area (Å²) in [6.45, 7) is 4.37. The number of rotatable bonds is 6. The molecule has 0 spiro atoms. The summed E-state index contributed by atoms with van der Waals surface area (Å²) in [5, 5.41) is 5.67. The zero-order valence-corrected chi connectivity index (χ0v) is 13.5. The predicted octanol–water partition coefficient (Wildman–Crippen LogP) is 2.34. The van der Waals surface area contributed by atoms with Crippen LogP contribution in [0.3, 0.4) is 0 Å². The molecule has 1 aromatic rings. The zero-order valence-electron chi connectivity index (χ0n) is 13.5. The number of carbonyl (C=O) groups is 2. The molecule has 0 saturated carbocycles. The number of ether oxygens (including phenoxy) is 2. The molecular weight excluding hydrogens is 296 g/mol. The molecule has 0 aliphatic carbocycles. The summed E-state index contributed by atoms with van der Waals surface area (Å²) in [6, 6.07) is 6.97. The molecule has 0 aromatic heterocycles. The average Bonchev–Trinajstić information content (AvgIpc) is 2.56. The van der Waals surface area contributed by atoms with E-state index in [-0.39, 0.29) is 18.4 Å². The van der Waals surface area contributed by atoms with Gasteiger partial charge in [-0.15, -0.1) is 0 Å². The fourth-order valence-electron chi connectivity index (χ4n) is 2.45. The molecule has 2 rings (SSSR count). The zero-order chi connectivity index (χ0) is 16.5. The quantitative estimate of drug-likeness (QED) is 0.789.